The highest BCUT2D eigenvalue weighted by Crippen LogP contribution is 2.05. The van der Waals surface area contributed by atoms with Gasteiger partial charge in [0.25, 0.3) is 0 Å². The Kier molecular flexibility index (Phi) is 6.45. The molecule has 0 aliphatic rings. The number of hydrogen-bond donors (Lipinski definition) is 2. The predicted molar refractivity (Wildman–Crippen MR) is 110 cm³/mol. The molecule has 0 unspecified atom stereocenters. The van der Waals surface area contributed by atoms with Crippen molar-refractivity contribution < 1.29 is 0 Å². The largest absolute Gasteiger partial charge is 0.358 e. The summed E-state index contributed by atoms with van der Waals surface area (Å²) >= 11 is 5.44. The molecule has 0 aliphatic heterocycles. The number of amidine groups is 1. The van der Waals surface area contributed by atoms with E-state index in [1.807, 2.05) is 66.9 Å². The highest BCUT2D eigenvalue weighted by Gasteiger charge is 2.06. The number of aliphatic imine (C=N–C) groups is 1. The van der Waals surface area contributed by atoms with Gasteiger partial charge >= 0.3 is 0 Å². The lowest BCUT2D eigenvalue weighted by molar-refractivity contribution is 0.896. The van der Waals surface area contributed by atoms with Gasteiger partial charge in [-0.15, -0.1) is 0 Å². The SMILES string of the molecule is S=C(NCc1cccnc1)NC(=NCc1ccccc1)c1ccccc1. The molecule has 0 saturated carbocycles. The van der Waals surface area contributed by atoms with E-state index in [-0.39, 0.29) is 0 Å². The Hall–Kier alpha value is -3.05. The molecule has 0 saturated heterocycles. The fraction of sp³-hybridized carbons (Fsp3) is 0.0952. The van der Waals surface area contributed by atoms with Gasteiger partial charge in [0, 0.05) is 24.5 Å². The van der Waals surface area contributed by atoms with Gasteiger partial charge < -0.3 is 10.6 Å². The second-order valence-electron chi connectivity index (χ2n) is 5.69. The van der Waals surface area contributed by atoms with Crippen LogP contribution in [0.1, 0.15) is 16.7 Å². The minimum Gasteiger partial charge on any atom is -0.358 e. The summed E-state index contributed by atoms with van der Waals surface area (Å²) in [7, 11) is 0. The summed E-state index contributed by atoms with van der Waals surface area (Å²) in [4.78, 5) is 8.83. The van der Waals surface area contributed by atoms with E-state index in [1.165, 1.54) is 0 Å². The Labute approximate surface area is 159 Å². The molecule has 5 heteroatoms. The molecule has 0 amide bonds. The van der Waals surface area contributed by atoms with Crippen molar-refractivity contribution in [2.24, 2.45) is 4.99 Å². The van der Waals surface area contributed by atoms with Crippen LogP contribution in [0.25, 0.3) is 0 Å². The van der Waals surface area contributed by atoms with Crippen LogP contribution >= 0.6 is 12.2 Å². The minimum absolute atomic E-state index is 0.532. The molecule has 0 fully saturated rings. The zero-order valence-corrected chi connectivity index (χ0v) is 15.1. The maximum Gasteiger partial charge on any atom is 0.172 e. The number of rotatable bonds is 5. The average Bonchev–Trinajstić information content (AvgIpc) is 2.72. The molecule has 130 valence electrons. The van der Waals surface area contributed by atoms with Gasteiger partial charge in [-0.1, -0.05) is 66.7 Å². The summed E-state index contributed by atoms with van der Waals surface area (Å²) in [5, 5.41) is 6.95. The molecule has 0 radical (unpaired) electrons. The zero-order chi connectivity index (χ0) is 18.0. The molecule has 1 aromatic heterocycles. The summed E-state index contributed by atoms with van der Waals surface area (Å²) in [5.41, 5.74) is 3.21. The van der Waals surface area contributed by atoms with Crippen LogP contribution in [0.3, 0.4) is 0 Å². The van der Waals surface area contributed by atoms with E-state index in [4.69, 9.17) is 17.2 Å². The molecule has 26 heavy (non-hydrogen) atoms. The molecule has 3 rings (SSSR count). The molecular formula is C21H20N4S. The third-order valence-corrected chi connectivity index (χ3v) is 3.96. The highest BCUT2D eigenvalue weighted by molar-refractivity contribution is 7.80. The predicted octanol–water partition coefficient (Wildman–Crippen LogP) is 3.69. The van der Waals surface area contributed by atoms with Crippen molar-refractivity contribution in [2.45, 2.75) is 13.1 Å². The van der Waals surface area contributed by atoms with Gasteiger partial charge in [-0.25, -0.2) is 0 Å². The van der Waals surface area contributed by atoms with Gasteiger partial charge in [-0.05, 0) is 29.4 Å². The van der Waals surface area contributed by atoms with Crippen LogP contribution in [0.4, 0.5) is 0 Å². The lowest BCUT2D eigenvalue weighted by Crippen LogP contribution is -2.39. The van der Waals surface area contributed by atoms with Crippen LogP contribution in [0, 0.1) is 0 Å². The first-order chi connectivity index (χ1) is 12.8. The zero-order valence-electron chi connectivity index (χ0n) is 14.3. The topological polar surface area (TPSA) is 49.3 Å². The molecule has 0 spiro atoms. The van der Waals surface area contributed by atoms with Crippen LogP contribution in [0.5, 0.6) is 0 Å². The average molecular weight is 360 g/mol. The van der Waals surface area contributed by atoms with Gasteiger partial charge in [-0.3, -0.25) is 9.98 Å². The third kappa shape index (κ3) is 5.50. The lowest BCUT2D eigenvalue weighted by Gasteiger charge is -2.13. The number of hydrogen-bond acceptors (Lipinski definition) is 3. The first-order valence-electron chi connectivity index (χ1n) is 8.39. The molecule has 1 heterocycles. The van der Waals surface area contributed by atoms with Crippen LogP contribution in [-0.4, -0.2) is 15.9 Å². The molecule has 0 bridgehead atoms. The summed E-state index contributed by atoms with van der Waals surface area (Å²) in [6.45, 7) is 1.20. The van der Waals surface area contributed by atoms with E-state index in [2.05, 4.69) is 27.8 Å². The molecule has 0 aliphatic carbocycles. The van der Waals surface area contributed by atoms with Crippen molar-refractivity contribution in [1.29, 1.82) is 0 Å². The number of benzene rings is 2. The normalized spacial score (nSPS) is 11.0. The molecule has 2 aromatic carbocycles. The van der Waals surface area contributed by atoms with Crippen molar-refractivity contribution in [2.75, 3.05) is 0 Å². The van der Waals surface area contributed by atoms with Crippen molar-refractivity contribution >= 4 is 23.2 Å². The van der Waals surface area contributed by atoms with Crippen LogP contribution in [0.15, 0.2) is 90.2 Å². The molecule has 0 atom stereocenters. The lowest BCUT2D eigenvalue weighted by atomic mass is 10.2. The number of nitrogens with one attached hydrogen (secondary N) is 2. The summed E-state index contributed by atoms with van der Waals surface area (Å²) < 4.78 is 0. The first-order valence-corrected chi connectivity index (χ1v) is 8.79. The summed E-state index contributed by atoms with van der Waals surface area (Å²) in [5.74, 6) is 0.748. The second kappa shape index (κ2) is 9.44. The Bertz CT molecular complexity index is 849. The van der Waals surface area contributed by atoms with E-state index in [0.717, 1.165) is 22.5 Å². The number of nitrogens with zero attached hydrogens (tertiary/aromatic N) is 2. The Morgan fingerprint density at radius 1 is 0.885 bits per heavy atom. The minimum atomic E-state index is 0.532. The van der Waals surface area contributed by atoms with Crippen molar-refractivity contribution in [1.82, 2.24) is 15.6 Å². The maximum atomic E-state index is 5.44. The standard InChI is InChI=1S/C21H20N4S/c26-21(24-16-18-10-7-13-22-14-18)25-20(19-11-5-2-6-12-19)23-15-17-8-3-1-4-9-17/h1-14H,15-16H2,(H2,23,24,25,26). The number of thiocarbonyl (C=S) groups is 1. The van der Waals surface area contributed by atoms with E-state index in [0.29, 0.717) is 18.2 Å². The monoisotopic (exact) mass is 360 g/mol. The maximum absolute atomic E-state index is 5.44. The van der Waals surface area contributed by atoms with Crippen molar-refractivity contribution in [3.05, 3.63) is 102 Å². The van der Waals surface area contributed by atoms with Gasteiger partial charge in [-0.2, -0.15) is 0 Å². The fourth-order valence-electron chi connectivity index (χ4n) is 2.39. The van der Waals surface area contributed by atoms with E-state index in [9.17, 15) is 0 Å². The molecule has 4 nitrogen and oxygen atoms in total. The van der Waals surface area contributed by atoms with Crippen LogP contribution in [-0.2, 0) is 13.1 Å². The van der Waals surface area contributed by atoms with Gasteiger partial charge in [0.05, 0.1) is 6.54 Å². The number of aromatic nitrogens is 1. The smallest absolute Gasteiger partial charge is 0.172 e. The summed E-state index contributed by atoms with van der Waals surface area (Å²) in [6.07, 6.45) is 3.57. The van der Waals surface area contributed by atoms with Gasteiger partial charge in [0.1, 0.15) is 5.84 Å². The van der Waals surface area contributed by atoms with E-state index < -0.39 is 0 Å². The van der Waals surface area contributed by atoms with Gasteiger partial charge in [0.2, 0.25) is 0 Å². The molecule has 2 N–H and O–H groups in total. The van der Waals surface area contributed by atoms with E-state index >= 15 is 0 Å². The van der Waals surface area contributed by atoms with Crippen LogP contribution < -0.4 is 10.6 Å². The van der Waals surface area contributed by atoms with Gasteiger partial charge in [0.15, 0.2) is 5.11 Å². The van der Waals surface area contributed by atoms with E-state index in [1.54, 1.807) is 6.20 Å². The van der Waals surface area contributed by atoms with Crippen molar-refractivity contribution in [3.63, 3.8) is 0 Å². The van der Waals surface area contributed by atoms with Crippen molar-refractivity contribution in [3.8, 4) is 0 Å². The van der Waals surface area contributed by atoms with Crippen LogP contribution in [0.2, 0.25) is 0 Å². The third-order valence-electron chi connectivity index (χ3n) is 3.72. The highest BCUT2D eigenvalue weighted by atomic mass is 32.1. The number of pyridine rings is 1. The Morgan fingerprint density at radius 3 is 2.27 bits per heavy atom. The first kappa shape index (κ1) is 17.8. The Balaban J connectivity index is 1.68. The summed E-state index contributed by atoms with van der Waals surface area (Å²) in [6, 6.07) is 24.0. The Morgan fingerprint density at radius 2 is 1.58 bits per heavy atom. The molecule has 3 aromatic rings. The fourth-order valence-corrected chi connectivity index (χ4v) is 2.56. The quantitative estimate of drug-likeness (QED) is 0.414. The second-order valence-corrected chi connectivity index (χ2v) is 6.09. The molecular weight excluding hydrogens is 340 g/mol.